The van der Waals surface area contributed by atoms with Crippen molar-refractivity contribution < 1.29 is 5.11 Å². The Hall–Kier alpha value is -0.820. The standard InChI is InChI=1S/C13H16O/c1-8(14)12-11-7-6-9-4-2-3-5-10(9)13(11)12/h2-5,8,11-14H,6-7H2,1H3. The van der Waals surface area contributed by atoms with Gasteiger partial charge in [-0.1, -0.05) is 24.3 Å². The first-order chi connectivity index (χ1) is 6.79. The summed E-state index contributed by atoms with van der Waals surface area (Å²) in [4.78, 5) is 0. The molecule has 0 aromatic heterocycles. The summed E-state index contributed by atoms with van der Waals surface area (Å²) in [6, 6.07) is 8.73. The molecule has 4 unspecified atom stereocenters. The van der Waals surface area contributed by atoms with Crippen molar-refractivity contribution in [2.45, 2.75) is 31.8 Å². The Labute approximate surface area is 84.8 Å². The molecule has 1 saturated carbocycles. The zero-order chi connectivity index (χ0) is 9.71. The van der Waals surface area contributed by atoms with Crippen molar-refractivity contribution in [3.63, 3.8) is 0 Å². The van der Waals surface area contributed by atoms with Crippen LogP contribution in [-0.2, 0) is 6.42 Å². The second-order valence-electron chi connectivity index (χ2n) is 4.75. The van der Waals surface area contributed by atoms with Crippen LogP contribution in [0.15, 0.2) is 24.3 Å². The number of hydrogen-bond acceptors (Lipinski definition) is 1. The average molecular weight is 188 g/mol. The molecule has 0 saturated heterocycles. The Balaban J connectivity index is 1.97. The van der Waals surface area contributed by atoms with Crippen LogP contribution in [0.2, 0.25) is 0 Å². The minimum absolute atomic E-state index is 0.129. The molecule has 1 aromatic rings. The third-order valence-corrected chi connectivity index (χ3v) is 3.95. The van der Waals surface area contributed by atoms with Gasteiger partial charge >= 0.3 is 0 Å². The SMILES string of the molecule is CC(O)C1C2CCc3ccccc3C21. The molecule has 0 aliphatic heterocycles. The zero-order valence-corrected chi connectivity index (χ0v) is 8.48. The van der Waals surface area contributed by atoms with Crippen LogP contribution in [0.4, 0.5) is 0 Å². The maximum Gasteiger partial charge on any atom is 0.0549 e. The predicted molar refractivity (Wildman–Crippen MR) is 56.2 cm³/mol. The maximum absolute atomic E-state index is 9.65. The van der Waals surface area contributed by atoms with Crippen molar-refractivity contribution in [3.8, 4) is 0 Å². The number of aliphatic hydroxyl groups is 1. The van der Waals surface area contributed by atoms with Crippen molar-refractivity contribution in [2.24, 2.45) is 11.8 Å². The third kappa shape index (κ3) is 1.05. The molecule has 0 heterocycles. The molecule has 0 amide bonds. The highest BCUT2D eigenvalue weighted by Gasteiger charge is 2.54. The first-order valence-electron chi connectivity index (χ1n) is 5.55. The molecule has 1 aromatic carbocycles. The van der Waals surface area contributed by atoms with Gasteiger partial charge in [0.15, 0.2) is 0 Å². The fraction of sp³-hybridized carbons (Fsp3) is 0.538. The van der Waals surface area contributed by atoms with E-state index in [0.29, 0.717) is 11.8 Å². The molecule has 14 heavy (non-hydrogen) atoms. The summed E-state index contributed by atoms with van der Waals surface area (Å²) in [6.07, 6.45) is 2.36. The molecule has 1 fully saturated rings. The van der Waals surface area contributed by atoms with Gasteiger partial charge < -0.3 is 5.11 Å². The highest BCUT2D eigenvalue weighted by atomic mass is 16.3. The second kappa shape index (κ2) is 2.83. The van der Waals surface area contributed by atoms with E-state index < -0.39 is 0 Å². The van der Waals surface area contributed by atoms with Gasteiger partial charge in [-0.05, 0) is 48.6 Å². The lowest BCUT2D eigenvalue weighted by Gasteiger charge is -2.13. The minimum Gasteiger partial charge on any atom is -0.393 e. The van der Waals surface area contributed by atoms with E-state index in [1.165, 1.54) is 24.0 Å². The Bertz CT molecular complexity index is 356. The molecule has 3 rings (SSSR count). The van der Waals surface area contributed by atoms with E-state index in [2.05, 4.69) is 24.3 Å². The van der Waals surface area contributed by atoms with Gasteiger partial charge in [-0.3, -0.25) is 0 Å². The maximum atomic E-state index is 9.65. The van der Waals surface area contributed by atoms with Crippen LogP contribution >= 0.6 is 0 Å². The lowest BCUT2D eigenvalue weighted by Crippen LogP contribution is -2.04. The highest BCUT2D eigenvalue weighted by molar-refractivity contribution is 5.39. The summed E-state index contributed by atoms with van der Waals surface area (Å²) >= 11 is 0. The molecule has 1 nitrogen and oxygen atoms in total. The predicted octanol–water partition coefficient (Wildman–Crippen LogP) is 2.34. The Morgan fingerprint density at radius 3 is 2.93 bits per heavy atom. The largest absolute Gasteiger partial charge is 0.393 e. The lowest BCUT2D eigenvalue weighted by molar-refractivity contribution is 0.162. The van der Waals surface area contributed by atoms with E-state index in [1.807, 2.05) is 6.92 Å². The molecule has 0 bridgehead atoms. The summed E-state index contributed by atoms with van der Waals surface area (Å²) in [6.45, 7) is 1.94. The summed E-state index contributed by atoms with van der Waals surface area (Å²) < 4.78 is 0. The van der Waals surface area contributed by atoms with Crippen molar-refractivity contribution in [3.05, 3.63) is 35.4 Å². The van der Waals surface area contributed by atoms with Crippen molar-refractivity contribution in [1.82, 2.24) is 0 Å². The third-order valence-electron chi connectivity index (χ3n) is 3.95. The Morgan fingerprint density at radius 1 is 1.36 bits per heavy atom. The zero-order valence-electron chi connectivity index (χ0n) is 8.48. The van der Waals surface area contributed by atoms with Gasteiger partial charge in [-0.15, -0.1) is 0 Å². The Kier molecular flexibility index (Phi) is 1.72. The quantitative estimate of drug-likeness (QED) is 0.717. The molecule has 4 atom stereocenters. The van der Waals surface area contributed by atoms with Crippen LogP contribution in [0.25, 0.3) is 0 Å². The van der Waals surface area contributed by atoms with Gasteiger partial charge in [0, 0.05) is 0 Å². The summed E-state index contributed by atoms with van der Waals surface area (Å²) in [5, 5.41) is 9.65. The minimum atomic E-state index is -0.129. The van der Waals surface area contributed by atoms with Gasteiger partial charge in [0.1, 0.15) is 0 Å². The fourth-order valence-electron chi connectivity index (χ4n) is 3.28. The summed E-state index contributed by atoms with van der Waals surface area (Å²) in [7, 11) is 0. The van der Waals surface area contributed by atoms with Crippen LogP contribution in [0.3, 0.4) is 0 Å². The van der Waals surface area contributed by atoms with Crippen molar-refractivity contribution in [1.29, 1.82) is 0 Å². The normalized spacial score (nSPS) is 35.7. The molecule has 0 radical (unpaired) electrons. The van der Waals surface area contributed by atoms with Crippen LogP contribution in [0.1, 0.15) is 30.4 Å². The van der Waals surface area contributed by atoms with Gasteiger partial charge in [0.2, 0.25) is 0 Å². The van der Waals surface area contributed by atoms with E-state index in [-0.39, 0.29) is 6.10 Å². The summed E-state index contributed by atoms with van der Waals surface area (Å²) in [5.41, 5.74) is 3.02. The van der Waals surface area contributed by atoms with Crippen molar-refractivity contribution >= 4 is 0 Å². The molecular formula is C13H16O. The first-order valence-corrected chi connectivity index (χ1v) is 5.55. The Morgan fingerprint density at radius 2 is 2.14 bits per heavy atom. The van der Waals surface area contributed by atoms with Crippen LogP contribution < -0.4 is 0 Å². The van der Waals surface area contributed by atoms with E-state index in [0.717, 1.165) is 5.92 Å². The van der Waals surface area contributed by atoms with E-state index in [1.54, 1.807) is 0 Å². The number of aryl methyl sites for hydroxylation is 1. The molecular weight excluding hydrogens is 172 g/mol. The fourth-order valence-corrected chi connectivity index (χ4v) is 3.28. The lowest BCUT2D eigenvalue weighted by atomic mass is 9.92. The number of fused-ring (bicyclic) bond motifs is 3. The van der Waals surface area contributed by atoms with Crippen LogP contribution in [0, 0.1) is 11.8 Å². The van der Waals surface area contributed by atoms with E-state index >= 15 is 0 Å². The van der Waals surface area contributed by atoms with Gasteiger partial charge in [-0.25, -0.2) is 0 Å². The number of rotatable bonds is 1. The molecule has 2 aliphatic carbocycles. The molecule has 1 N–H and O–H groups in total. The number of aliphatic hydroxyl groups excluding tert-OH is 1. The highest BCUT2D eigenvalue weighted by Crippen LogP contribution is 2.61. The average Bonchev–Trinajstić information content (AvgIpc) is 2.92. The second-order valence-corrected chi connectivity index (χ2v) is 4.75. The van der Waals surface area contributed by atoms with Gasteiger partial charge in [0.05, 0.1) is 6.10 Å². The van der Waals surface area contributed by atoms with Crippen LogP contribution in [-0.4, -0.2) is 11.2 Å². The molecule has 2 aliphatic rings. The molecule has 74 valence electrons. The van der Waals surface area contributed by atoms with Crippen LogP contribution in [0.5, 0.6) is 0 Å². The molecule has 0 spiro atoms. The van der Waals surface area contributed by atoms with Crippen molar-refractivity contribution in [2.75, 3.05) is 0 Å². The topological polar surface area (TPSA) is 20.2 Å². The van der Waals surface area contributed by atoms with E-state index in [9.17, 15) is 5.11 Å². The van der Waals surface area contributed by atoms with Gasteiger partial charge in [-0.2, -0.15) is 0 Å². The monoisotopic (exact) mass is 188 g/mol. The number of benzene rings is 1. The number of hydrogen-bond donors (Lipinski definition) is 1. The summed E-state index contributed by atoms with van der Waals surface area (Å²) in [5.74, 6) is 1.98. The smallest absolute Gasteiger partial charge is 0.0549 e. The van der Waals surface area contributed by atoms with E-state index in [4.69, 9.17) is 0 Å². The molecule has 1 heteroatoms. The first kappa shape index (κ1) is 8.49. The van der Waals surface area contributed by atoms with Gasteiger partial charge in [0.25, 0.3) is 0 Å².